The van der Waals surface area contributed by atoms with Gasteiger partial charge in [-0.2, -0.15) is 26.3 Å². The van der Waals surface area contributed by atoms with Gasteiger partial charge in [0, 0.05) is 0 Å². The third kappa shape index (κ3) is 664. The van der Waals surface area contributed by atoms with Gasteiger partial charge in [-0.15, -0.1) is 0 Å². The highest BCUT2D eigenvalue weighted by Gasteiger charge is 1.86. The second-order valence-corrected chi connectivity index (χ2v) is 0.495. The smallest absolute Gasteiger partial charge is 0.174 e. The van der Waals surface area contributed by atoms with E-state index in [2.05, 4.69) is 0 Å². The van der Waals surface area contributed by atoms with Crippen LogP contribution < -0.4 is 0 Å². The van der Waals surface area contributed by atoms with Gasteiger partial charge in [0.15, 0.2) is 0 Å². The third-order valence-electron chi connectivity index (χ3n) is 0. The molecule has 0 nitrogen and oxygen atoms in total. The zero-order chi connectivity index (χ0) is 7.15. The molecule has 0 unspecified atom stereocenters. The fourth-order valence-electron chi connectivity index (χ4n) is 0. The van der Waals surface area contributed by atoms with E-state index in [0.29, 0.717) is 0 Å². The molecule has 0 heterocycles. The zero-order valence-corrected chi connectivity index (χ0v) is 3.42. The van der Waals surface area contributed by atoms with Gasteiger partial charge in [-0.3, -0.25) is 0 Å². The monoisotopic (exact) mass is 140 g/mol. The number of alkyl halides is 6. The Morgan fingerprint density at radius 3 is 0.500 bits per heavy atom. The molecule has 0 aliphatic carbocycles. The Labute approximate surface area is 41.1 Å². The molecule has 0 saturated carbocycles. The van der Waals surface area contributed by atoms with Crippen molar-refractivity contribution in [1.82, 2.24) is 0 Å². The minimum atomic E-state index is -3.67. The molecule has 0 bridgehead atoms. The molecule has 0 amide bonds. The highest BCUT2D eigenvalue weighted by atomic mass is 19.4. The van der Waals surface area contributed by atoms with Crippen molar-refractivity contribution in [2.45, 2.75) is 13.4 Å². The summed E-state index contributed by atoms with van der Waals surface area (Å²) in [6.45, 7) is -7.33. The van der Waals surface area contributed by atoms with Crippen molar-refractivity contribution in [2.24, 2.45) is 0 Å². The van der Waals surface area contributed by atoms with Crippen LogP contribution in [0.15, 0.2) is 0 Å². The Morgan fingerprint density at radius 1 is 0.500 bits per heavy atom. The maximum absolute atomic E-state index is 9.67. The van der Waals surface area contributed by atoms with Crippen LogP contribution in [0.3, 0.4) is 0 Å². The molecule has 6 heteroatoms. The average molecular weight is 140 g/mol. The number of hydrogen-bond acceptors (Lipinski definition) is 0. The van der Waals surface area contributed by atoms with Gasteiger partial charge >= 0.3 is 13.4 Å². The molecule has 8 heavy (non-hydrogen) atoms. The largest absolute Gasteiger partial charge is 0.379 e. The van der Waals surface area contributed by atoms with Gasteiger partial charge < -0.3 is 0 Å². The van der Waals surface area contributed by atoms with Crippen LogP contribution in [0, 0.1) is 0 Å². The maximum Gasteiger partial charge on any atom is 0.379 e. The topological polar surface area (TPSA) is 0 Å². The SMILES string of the molecule is FC(F)F.FC(F)F. The summed E-state index contributed by atoms with van der Waals surface area (Å²) in [5.41, 5.74) is 0. The molecule has 0 spiro atoms. The number of hydrogen-bond donors (Lipinski definition) is 0. The number of rotatable bonds is 0. The van der Waals surface area contributed by atoms with Crippen LogP contribution in [-0.2, 0) is 0 Å². The van der Waals surface area contributed by atoms with Gasteiger partial charge in [0.25, 0.3) is 0 Å². The second kappa shape index (κ2) is 6.58. The maximum atomic E-state index is 9.67. The highest BCUT2D eigenvalue weighted by molar-refractivity contribution is 3.84. The normalized spacial score (nSPS) is 9.00. The van der Waals surface area contributed by atoms with Gasteiger partial charge in [-0.05, 0) is 0 Å². The first-order valence-electron chi connectivity index (χ1n) is 1.31. The molecule has 52 valence electrons. The van der Waals surface area contributed by atoms with E-state index in [-0.39, 0.29) is 0 Å². The van der Waals surface area contributed by atoms with E-state index in [4.69, 9.17) is 0 Å². The van der Waals surface area contributed by atoms with Gasteiger partial charge in [0.1, 0.15) is 0 Å². The second-order valence-electron chi connectivity index (χ2n) is 0.495. The summed E-state index contributed by atoms with van der Waals surface area (Å²) >= 11 is 0. The molecule has 0 aliphatic heterocycles. The first-order valence-corrected chi connectivity index (χ1v) is 1.31. The minimum absolute atomic E-state index is 3.67. The van der Waals surface area contributed by atoms with E-state index in [9.17, 15) is 26.3 Å². The Kier molecular flexibility index (Phi) is 8.67. The summed E-state index contributed by atoms with van der Waals surface area (Å²) in [5.74, 6) is 0. The van der Waals surface area contributed by atoms with Crippen molar-refractivity contribution in [3.8, 4) is 0 Å². The van der Waals surface area contributed by atoms with Crippen LogP contribution in [0.25, 0.3) is 0 Å². The van der Waals surface area contributed by atoms with Crippen molar-refractivity contribution >= 4 is 0 Å². The lowest BCUT2D eigenvalue weighted by Crippen LogP contribution is -1.65. The fourth-order valence-corrected chi connectivity index (χ4v) is 0. The van der Waals surface area contributed by atoms with E-state index in [1.54, 1.807) is 0 Å². The molecule has 0 fully saturated rings. The van der Waals surface area contributed by atoms with Crippen LogP contribution >= 0.6 is 0 Å². The fraction of sp³-hybridized carbons (Fsp3) is 1.00. The molecule has 0 aliphatic rings. The van der Waals surface area contributed by atoms with Crippen molar-refractivity contribution in [1.29, 1.82) is 0 Å². The highest BCUT2D eigenvalue weighted by Crippen LogP contribution is 1.87. The summed E-state index contributed by atoms with van der Waals surface area (Å²) in [6.07, 6.45) is 0. The summed E-state index contributed by atoms with van der Waals surface area (Å²) in [6, 6.07) is 0. The molecule has 0 aromatic heterocycles. The first kappa shape index (κ1) is 10.5. The molecule has 0 N–H and O–H groups in total. The quantitative estimate of drug-likeness (QED) is 0.453. The van der Waals surface area contributed by atoms with E-state index < -0.39 is 13.4 Å². The van der Waals surface area contributed by atoms with Crippen molar-refractivity contribution in [3.63, 3.8) is 0 Å². The van der Waals surface area contributed by atoms with Gasteiger partial charge in [-0.25, -0.2) is 0 Å². The van der Waals surface area contributed by atoms with E-state index in [0.717, 1.165) is 0 Å². The van der Waals surface area contributed by atoms with Crippen LogP contribution in [0.1, 0.15) is 0 Å². The summed E-state index contributed by atoms with van der Waals surface area (Å²) in [5, 5.41) is 0. The van der Waals surface area contributed by atoms with Crippen LogP contribution in [0.2, 0.25) is 0 Å². The third-order valence-corrected chi connectivity index (χ3v) is 0. The van der Waals surface area contributed by atoms with E-state index >= 15 is 0 Å². The lowest BCUT2D eigenvalue weighted by molar-refractivity contribution is 0.00734. The summed E-state index contributed by atoms with van der Waals surface area (Å²) < 4.78 is 58.0. The van der Waals surface area contributed by atoms with Crippen LogP contribution in [0.4, 0.5) is 26.3 Å². The predicted octanol–water partition coefficient (Wildman–Crippen LogP) is 2.36. The van der Waals surface area contributed by atoms with Crippen molar-refractivity contribution in [2.75, 3.05) is 0 Å². The molecule has 0 aromatic rings. The van der Waals surface area contributed by atoms with Crippen molar-refractivity contribution in [3.05, 3.63) is 0 Å². The standard InChI is InChI=1S/2CHF3/c2*2-1(3)4/h2*1H. The van der Waals surface area contributed by atoms with E-state index in [1.807, 2.05) is 0 Å². The Morgan fingerprint density at radius 2 is 0.500 bits per heavy atom. The molecular weight excluding hydrogens is 138 g/mol. The molecule has 0 radical (unpaired) electrons. The molecule has 0 saturated heterocycles. The Bertz CT molecular complexity index is 22.0. The molecule has 0 atom stereocenters. The lowest BCUT2D eigenvalue weighted by Gasteiger charge is -1.65. The summed E-state index contributed by atoms with van der Waals surface area (Å²) in [7, 11) is 0. The molecule has 0 aromatic carbocycles. The van der Waals surface area contributed by atoms with E-state index in [1.165, 1.54) is 0 Å². The molecule has 0 rings (SSSR count). The van der Waals surface area contributed by atoms with Crippen LogP contribution in [-0.4, -0.2) is 13.4 Å². The average Bonchev–Trinajstić information content (AvgIpc) is 1.25. The Balaban J connectivity index is 0. The minimum Gasteiger partial charge on any atom is -0.174 e. The lowest BCUT2D eigenvalue weighted by atomic mass is 11.6. The predicted molar refractivity (Wildman–Crippen MR) is 14.2 cm³/mol. The van der Waals surface area contributed by atoms with Crippen LogP contribution in [0.5, 0.6) is 0 Å². The molecular formula is C2H2F6. The van der Waals surface area contributed by atoms with Crippen molar-refractivity contribution < 1.29 is 26.3 Å². The van der Waals surface area contributed by atoms with Gasteiger partial charge in [0.2, 0.25) is 0 Å². The number of halogens is 6. The van der Waals surface area contributed by atoms with Gasteiger partial charge in [-0.1, -0.05) is 0 Å². The zero-order valence-electron chi connectivity index (χ0n) is 3.42. The first-order chi connectivity index (χ1) is 3.46. The van der Waals surface area contributed by atoms with Gasteiger partial charge in [0.05, 0.1) is 0 Å². The summed E-state index contributed by atoms with van der Waals surface area (Å²) in [4.78, 5) is 0. The Hall–Kier alpha value is -0.420.